The summed E-state index contributed by atoms with van der Waals surface area (Å²) in [5.74, 6) is 0.739. The number of nitrogen functional groups attached to an aromatic ring is 1. The van der Waals surface area contributed by atoms with Gasteiger partial charge in [0.15, 0.2) is 0 Å². The zero-order valence-electron chi connectivity index (χ0n) is 10.1. The largest absolute Gasteiger partial charge is 0.492 e. The lowest BCUT2D eigenvalue weighted by Gasteiger charge is -2.07. The summed E-state index contributed by atoms with van der Waals surface area (Å²) in [5, 5.41) is 3.10. The minimum atomic E-state index is 0.626. The van der Waals surface area contributed by atoms with Crippen LogP contribution in [0.2, 0.25) is 0 Å². The number of aryl methyl sites for hydroxylation is 1. The summed E-state index contributed by atoms with van der Waals surface area (Å²) in [5.41, 5.74) is 8.77. The second kappa shape index (κ2) is 5.19. The molecule has 0 aliphatic carbocycles. The number of benzene rings is 1. The Kier molecular flexibility index (Phi) is 3.64. The van der Waals surface area contributed by atoms with E-state index in [-0.39, 0.29) is 0 Å². The third-order valence-corrected chi connectivity index (χ3v) is 3.41. The fraction of sp³-hybridized carbons (Fsp3) is 0.308. The first-order valence-electron chi connectivity index (χ1n) is 5.71. The van der Waals surface area contributed by atoms with E-state index in [9.17, 15) is 0 Å². The van der Waals surface area contributed by atoms with Crippen LogP contribution >= 0.6 is 11.3 Å². The molecule has 0 fully saturated rings. The van der Waals surface area contributed by atoms with Gasteiger partial charge < -0.3 is 10.5 Å². The Hall–Kier alpha value is -1.55. The summed E-state index contributed by atoms with van der Waals surface area (Å²) < 4.78 is 5.41. The highest BCUT2D eigenvalue weighted by molar-refractivity contribution is 7.13. The van der Waals surface area contributed by atoms with Gasteiger partial charge in [-0.1, -0.05) is 6.92 Å². The molecule has 2 aromatic rings. The monoisotopic (exact) mass is 248 g/mol. The topological polar surface area (TPSA) is 48.1 Å². The molecule has 0 radical (unpaired) electrons. The van der Waals surface area contributed by atoms with Crippen molar-refractivity contribution in [1.29, 1.82) is 0 Å². The summed E-state index contributed by atoms with van der Waals surface area (Å²) in [6, 6.07) is 5.82. The number of nitrogens with zero attached hydrogens (tertiary/aromatic N) is 1. The van der Waals surface area contributed by atoms with Crippen molar-refractivity contribution in [3.63, 3.8) is 0 Å². The Morgan fingerprint density at radius 1 is 1.35 bits per heavy atom. The van der Waals surface area contributed by atoms with Crippen LogP contribution in [0.25, 0.3) is 10.6 Å². The van der Waals surface area contributed by atoms with Crippen LogP contribution in [0, 0.1) is 0 Å². The molecule has 0 aliphatic rings. The fourth-order valence-electron chi connectivity index (χ4n) is 1.57. The average Bonchev–Trinajstić information content (AvgIpc) is 2.80. The van der Waals surface area contributed by atoms with Crippen molar-refractivity contribution in [2.45, 2.75) is 20.3 Å². The lowest BCUT2D eigenvalue weighted by atomic mass is 10.2. The number of hydrogen-bond acceptors (Lipinski definition) is 4. The van der Waals surface area contributed by atoms with Crippen molar-refractivity contribution in [2.24, 2.45) is 0 Å². The van der Waals surface area contributed by atoms with Gasteiger partial charge in [0.05, 0.1) is 18.0 Å². The number of hydrogen-bond donors (Lipinski definition) is 1. The molecule has 0 atom stereocenters. The van der Waals surface area contributed by atoms with Crippen LogP contribution in [0.5, 0.6) is 5.75 Å². The fourth-order valence-corrected chi connectivity index (χ4v) is 2.47. The molecule has 0 aliphatic heterocycles. The van der Waals surface area contributed by atoms with Crippen molar-refractivity contribution < 1.29 is 4.74 Å². The number of aromatic nitrogens is 1. The second-order valence-corrected chi connectivity index (χ2v) is 4.54. The van der Waals surface area contributed by atoms with E-state index in [1.54, 1.807) is 11.3 Å². The first-order valence-corrected chi connectivity index (χ1v) is 6.59. The van der Waals surface area contributed by atoms with Crippen LogP contribution in [0.1, 0.15) is 19.5 Å². The summed E-state index contributed by atoms with van der Waals surface area (Å²) in [4.78, 5) is 4.54. The predicted octanol–water partition coefficient (Wildman–Crippen LogP) is 3.35. The highest BCUT2D eigenvalue weighted by Crippen LogP contribution is 2.30. The van der Waals surface area contributed by atoms with Gasteiger partial charge in [-0.25, -0.2) is 4.98 Å². The van der Waals surface area contributed by atoms with Gasteiger partial charge in [0, 0.05) is 10.9 Å². The van der Waals surface area contributed by atoms with E-state index in [1.165, 1.54) is 0 Å². The molecule has 4 heteroatoms. The van der Waals surface area contributed by atoms with E-state index in [4.69, 9.17) is 10.5 Å². The number of anilines is 1. The van der Waals surface area contributed by atoms with Gasteiger partial charge in [-0.05, 0) is 31.5 Å². The van der Waals surface area contributed by atoms with E-state index in [0.29, 0.717) is 12.3 Å². The second-order valence-electron chi connectivity index (χ2n) is 3.68. The van der Waals surface area contributed by atoms with Gasteiger partial charge >= 0.3 is 0 Å². The lowest BCUT2D eigenvalue weighted by molar-refractivity contribution is 0.342. The molecule has 2 rings (SSSR count). The molecule has 0 bridgehead atoms. The Morgan fingerprint density at radius 2 is 2.18 bits per heavy atom. The number of rotatable bonds is 4. The molecular formula is C13H16N2OS. The van der Waals surface area contributed by atoms with Crippen LogP contribution in [0.15, 0.2) is 23.6 Å². The van der Waals surface area contributed by atoms with Crippen molar-refractivity contribution >= 4 is 17.0 Å². The van der Waals surface area contributed by atoms with Gasteiger partial charge in [0.2, 0.25) is 0 Å². The molecule has 0 saturated carbocycles. The molecule has 0 amide bonds. The van der Waals surface area contributed by atoms with Crippen LogP contribution in [-0.2, 0) is 6.42 Å². The first kappa shape index (κ1) is 11.9. The van der Waals surface area contributed by atoms with E-state index in [0.717, 1.165) is 28.4 Å². The van der Waals surface area contributed by atoms with E-state index >= 15 is 0 Å². The van der Waals surface area contributed by atoms with E-state index in [2.05, 4.69) is 17.3 Å². The Bertz CT molecular complexity index is 508. The summed E-state index contributed by atoms with van der Waals surface area (Å²) in [7, 11) is 0. The average molecular weight is 248 g/mol. The zero-order valence-corrected chi connectivity index (χ0v) is 10.9. The molecule has 90 valence electrons. The normalized spacial score (nSPS) is 10.5. The molecule has 0 spiro atoms. The maximum atomic E-state index is 5.94. The van der Waals surface area contributed by atoms with E-state index in [1.807, 2.05) is 25.1 Å². The number of thiazole rings is 1. The summed E-state index contributed by atoms with van der Waals surface area (Å²) in [6.07, 6.45) is 0.961. The van der Waals surface area contributed by atoms with Crippen molar-refractivity contribution in [2.75, 3.05) is 12.3 Å². The van der Waals surface area contributed by atoms with Gasteiger partial charge in [-0.3, -0.25) is 0 Å². The van der Waals surface area contributed by atoms with Crippen LogP contribution in [-0.4, -0.2) is 11.6 Å². The number of ether oxygens (including phenoxy) is 1. The number of nitrogens with two attached hydrogens (primary N) is 1. The highest BCUT2D eigenvalue weighted by Gasteiger charge is 2.06. The standard InChI is InChI=1S/C13H16N2OS/c1-3-10-8-17-13(15-10)9-5-6-12(16-4-2)11(14)7-9/h5-8H,3-4,14H2,1-2H3. The Labute approximate surface area is 105 Å². The first-order chi connectivity index (χ1) is 8.24. The van der Waals surface area contributed by atoms with Gasteiger partial charge in [-0.15, -0.1) is 11.3 Å². The molecule has 1 aromatic carbocycles. The molecular weight excluding hydrogens is 232 g/mol. The minimum absolute atomic E-state index is 0.626. The third-order valence-electron chi connectivity index (χ3n) is 2.47. The Balaban J connectivity index is 2.30. The molecule has 0 unspecified atom stereocenters. The SMILES string of the molecule is CCOc1ccc(-c2nc(CC)cs2)cc1N. The van der Waals surface area contributed by atoms with E-state index < -0.39 is 0 Å². The molecule has 17 heavy (non-hydrogen) atoms. The maximum absolute atomic E-state index is 5.94. The van der Waals surface area contributed by atoms with Gasteiger partial charge in [0.1, 0.15) is 10.8 Å². The molecule has 1 aromatic heterocycles. The smallest absolute Gasteiger partial charge is 0.142 e. The van der Waals surface area contributed by atoms with Crippen LogP contribution in [0.4, 0.5) is 5.69 Å². The highest BCUT2D eigenvalue weighted by atomic mass is 32.1. The van der Waals surface area contributed by atoms with Crippen molar-refractivity contribution in [1.82, 2.24) is 4.98 Å². The van der Waals surface area contributed by atoms with Crippen molar-refractivity contribution in [3.8, 4) is 16.3 Å². The molecule has 2 N–H and O–H groups in total. The molecule has 0 saturated heterocycles. The quantitative estimate of drug-likeness (QED) is 0.844. The third kappa shape index (κ3) is 2.58. The van der Waals surface area contributed by atoms with Crippen molar-refractivity contribution in [3.05, 3.63) is 29.3 Å². The van der Waals surface area contributed by atoms with Crippen LogP contribution in [0.3, 0.4) is 0 Å². The van der Waals surface area contributed by atoms with Gasteiger partial charge in [0.25, 0.3) is 0 Å². The molecule has 1 heterocycles. The zero-order chi connectivity index (χ0) is 12.3. The summed E-state index contributed by atoms with van der Waals surface area (Å²) >= 11 is 1.65. The lowest BCUT2D eigenvalue weighted by Crippen LogP contribution is -1.96. The minimum Gasteiger partial charge on any atom is -0.492 e. The predicted molar refractivity (Wildman–Crippen MR) is 72.5 cm³/mol. The Morgan fingerprint density at radius 3 is 2.76 bits per heavy atom. The molecule has 3 nitrogen and oxygen atoms in total. The maximum Gasteiger partial charge on any atom is 0.142 e. The van der Waals surface area contributed by atoms with Gasteiger partial charge in [-0.2, -0.15) is 0 Å². The summed E-state index contributed by atoms with van der Waals surface area (Å²) in [6.45, 7) is 4.67. The van der Waals surface area contributed by atoms with Crippen LogP contribution < -0.4 is 10.5 Å².